The van der Waals surface area contributed by atoms with Crippen LogP contribution in [0.5, 0.6) is 0 Å². The van der Waals surface area contributed by atoms with Crippen molar-refractivity contribution in [2.75, 3.05) is 13.1 Å². The molecule has 2 atom stereocenters. The normalized spacial score (nSPS) is 20.6. The van der Waals surface area contributed by atoms with Gasteiger partial charge in [-0.1, -0.05) is 0 Å². The molecule has 2 unspecified atom stereocenters. The lowest BCUT2D eigenvalue weighted by molar-refractivity contribution is -0.142. The van der Waals surface area contributed by atoms with Gasteiger partial charge in [0.1, 0.15) is 0 Å². The summed E-state index contributed by atoms with van der Waals surface area (Å²) in [5.41, 5.74) is 0.476. The summed E-state index contributed by atoms with van der Waals surface area (Å²) < 4.78 is 1.51. The maximum Gasteiger partial charge on any atom is 0.331 e. The molecule has 0 spiro atoms. The first kappa shape index (κ1) is 12.6. The van der Waals surface area contributed by atoms with E-state index >= 15 is 0 Å². The van der Waals surface area contributed by atoms with Crippen LogP contribution in [0.4, 0.5) is 0 Å². The van der Waals surface area contributed by atoms with E-state index in [4.69, 9.17) is 5.11 Å². The molecule has 18 heavy (non-hydrogen) atoms. The van der Waals surface area contributed by atoms with E-state index in [0.717, 1.165) is 13.0 Å². The standard InChI is InChI=1S/C11H16N4O3/c1-15-6-8(5-13-15)9(11(17)18)14-10(16)7-2-3-12-4-7/h5-7,9,12H,2-4H2,1H3,(H,14,16)(H,17,18). The predicted molar refractivity (Wildman–Crippen MR) is 62.7 cm³/mol. The second kappa shape index (κ2) is 5.18. The molecule has 0 aromatic carbocycles. The van der Waals surface area contributed by atoms with Crippen LogP contribution in [0.15, 0.2) is 12.4 Å². The fraction of sp³-hybridized carbons (Fsp3) is 0.545. The first-order valence-electron chi connectivity index (χ1n) is 5.80. The zero-order valence-electron chi connectivity index (χ0n) is 10.1. The molecule has 1 saturated heterocycles. The van der Waals surface area contributed by atoms with E-state index in [9.17, 15) is 9.59 Å². The average Bonchev–Trinajstić information content (AvgIpc) is 2.95. The van der Waals surface area contributed by atoms with Crippen molar-refractivity contribution < 1.29 is 14.7 Å². The number of carbonyl (C=O) groups is 2. The van der Waals surface area contributed by atoms with Crippen molar-refractivity contribution in [1.82, 2.24) is 20.4 Å². The van der Waals surface area contributed by atoms with Crippen molar-refractivity contribution in [2.24, 2.45) is 13.0 Å². The molecule has 0 saturated carbocycles. The highest BCUT2D eigenvalue weighted by molar-refractivity contribution is 5.86. The molecule has 98 valence electrons. The van der Waals surface area contributed by atoms with Gasteiger partial charge in [0, 0.05) is 25.4 Å². The first-order chi connectivity index (χ1) is 8.58. The van der Waals surface area contributed by atoms with Crippen molar-refractivity contribution in [3.05, 3.63) is 18.0 Å². The monoisotopic (exact) mass is 252 g/mol. The van der Waals surface area contributed by atoms with Gasteiger partial charge in [0.15, 0.2) is 6.04 Å². The fourth-order valence-corrected chi connectivity index (χ4v) is 2.02. The van der Waals surface area contributed by atoms with E-state index < -0.39 is 12.0 Å². The van der Waals surface area contributed by atoms with Gasteiger partial charge in [-0.05, 0) is 13.0 Å². The number of hydrogen-bond acceptors (Lipinski definition) is 4. The molecule has 0 bridgehead atoms. The number of nitrogens with zero attached hydrogens (tertiary/aromatic N) is 2. The third-order valence-corrected chi connectivity index (χ3v) is 3.02. The highest BCUT2D eigenvalue weighted by atomic mass is 16.4. The lowest BCUT2D eigenvalue weighted by Crippen LogP contribution is -2.38. The molecule has 0 aliphatic carbocycles. The van der Waals surface area contributed by atoms with Gasteiger partial charge in [-0.15, -0.1) is 0 Å². The number of carboxylic acid groups (broad SMARTS) is 1. The number of aliphatic carboxylic acids is 1. The van der Waals surface area contributed by atoms with Crippen LogP contribution >= 0.6 is 0 Å². The Labute approximate surface area is 104 Å². The summed E-state index contributed by atoms with van der Waals surface area (Å²) in [4.78, 5) is 23.1. The largest absolute Gasteiger partial charge is 0.479 e. The fourth-order valence-electron chi connectivity index (χ4n) is 2.02. The number of carbonyl (C=O) groups excluding carboxylic acids is 1. The summed E-state index contributed by atoms with van der Waals surface area (Å²) in [7, 11) is 1.70. The van der Waals surface area contributed by atoms with E-state index in [-0.39, 0.29) is 11.8 Å². The minimum atomic E-state index is -1.08. The van der Waals surface area contributed by atoms with E-state index in [2.05, 4.69) is 15.7 Å². The number of aromatic nitrogens is 2. The summed E-state index contributed by atoms with van der Waals surface area (Å²) >= 11 is 0. The zero-order valence-corrected chi connectivity index (χ0v) is 10.1. The number of nitrogens with one attached hydrogen (secondary N) is 2. The molecular weight excluding hydrogens is 236 g/mol. The van der Waals surface area contributed by atoms with Gasteiger partial charge < -0.3 is 15.7 Å². The van der Waals surface area contributed by atoms with Crippen LogP contribution in [0.25, 0.3) is 0 Å². The second-order valence-corrected chi connectivity index (χ2v) is 4.42. The quantitative estimate of drug-likeness (QED) is 0.656. The molecule has 1 aliphatic rings. The van der Waals surface area contributed by atoms with E-state index in [1.807, 2.05) is 0 Å². The Morgan fingerprint density at radius 3 is 2.94 bits per heavy atom. The number of rotatable bonds is 4. The molecule has 0 radical (unpaired) electrons. The van der Waals surface area contributed by atoms with Crippen LogP contribution in [0.2, 0.25) is 0 Å². The van der Waals surface area contributed by atoms with Crippen molar-refractivity contribution in [2.45, 2.75) is 12.5 Å². The van der Waals surface area contributed by atoms with Gasteiger partial charge in [0.2, 0.25) is 5.91 Å². The number of amides is 1. The van der Waals surface area contributed by atoms with Crippen molar-refractivity contribution in [3.63, 3.8) is 0 Å². The summed E-state index contributed by atoms with van der Waals surface area (Å²) in [5, 5.41) is 18.7. The van der Waals surface area contributed by atoms with Crippen LogP contribution in [-0.2, 0) is 16.6 Å². The topological polar surface area (TPSA) is 96.2 Å². The van der Waals surface area contributed by atoms with Gasteiger partial charge >= 0.3 is 5.97 Å². The van der Waals surface area contributed by atoms with Gasteiger partial charge in [0.25, 0.3) is 0 Å². The highest BCUT2D eigenvalue weighted by Crippen LogP contribution is 2.15. The van der Waals surface area contributed by atoms with Gasteiger partial charge in [-0.25, -0.2) is 4.79 Å². The second-order valence-electron chi connectivity index (χ2n) is 4.42. The Morgan fingerprint density at radius 2 is 2.44 bits per heavy atom. The Bertz CT molecular complexity index is 451. The van der Waals surface area contributed by atoms with Crippen LogP contribution in [0.3, 0.4) is 0 Å². The Balaban J connectivity index is 2.07. The summed E-state index contributed by atoms with van der Waals surface area (Å²) in [5.74, 6) is -1.46. The predicted octanol–water partition coefficient (Wildman–Crippen LogP) is -0.728. The SMILES string of the molecule is Cn1cc(C(NC(=O)C2CCNC2)C(=O)O)cn1. The maximum absolute atomic E-state index is 11.9. The van der Waals surface area contributed by atoms with Crippen molar-refractivity contribution in [3.8, 4) is 0 Å². The molecule has 2 rings (SSSR count). The molecule has 1 amide bonds. The zero-order chi connectivity index (χ0) is 13.1. The minimum Gasteiger partial charge on any atom is -0.479 e. The molecule has 1 aromatic rings. The molecule has 1 aromatic heterocycles. The average molecular weight is 252 g/mol. The summed E-state index contributed by atoms with van der Waals surface area (Å²) in [6.07, 6.45) is 3.78. The van der Waals surface area contributed by atoms with E-state index in [1.54, 1.807) is 13.2 Å². The molecule has 1 fully saturated rings. The number of aryl methyl sites for hydroxylation is 1. The smallest absolute Gasteiger partial charge is 0.331 e. The van der Waals surface area contributed by atoms with Gasteiger partial charge in [-0.2, -0.15) is 5.10 Å². The van der Waals surface area contributed by atoms with Crippen LogP contribution in [-0.4, -0.2) is 39.9 Å². The number of hydrogen-bond donors (Lipinski definition) is 3. The molecule has 2 heterocycles. The number of carboxylic acids is 1. The highest BCUT2D eigenvalue weighted by Gasteiger charge is 2.28. The van der Waals surface area contributed by atoms with E-state index in [1.165, 1.54) is 10.9 Å². The van der Waals surface area contributed by atoms with E-state index in [0.29, 0.717) is 12.1 Å². The molecule has 7 nitrogen and oxygen atoms in total. The van der Waals surface area contributed by atoms with Crippen LogP contribution in [0.1, 0.15) is 18.0 Å². The summed E-state index contributed by atoms with van der Waals surface area (Å²) in [6, 6.07) is -1.04. The molecule has 1 aliphatic heterocycles. The Morgan fingerprint density at radius 1 is 1.67 bits per heavy atom. The Hall–Kier alpha value is -1.89. The third-order valence-electron chi connectivity index (χ3n) is 3.02. The maximum atomic E-state index is 11.9. The minimum absolute atomic E-state index is 0.150. The Kier molecular flexibility index (Phi) is 3.61. The first-order valence-corrected chi connectivity index (χ1v) is 5.80. The van der Waals surface area contributed by atoms with Gasteiger partial charge in [-0.3, -0.25) is 9.48 Å². The van der Waals surface area contributed by atoms with Gasteiger partial charge in [0.05, 0.1) is 12.1 Å². The lowest BCUT2D eigenvalue weighted by atomic mass is 10.1. The summed E-state index contributed by atoms with van der Waals surface area (Å²) in [6.45, 7) is 1.40. The van der Waals surface area contributed by atoms with Crippen LogP contribution < -0.4 is 10.6 Å². The van der Waals surface area contributed by atoms with Crippen molar-refractivity contribution in [1.29, 1.82) is 0 Å². The molecule has 3 N–H and O–H groups in total. The molecular formula is C11H16N4O3. The lowest BCUT2D eigenvalue weighted by Gasteiger charge is -2.15. The van der Waals surface area contributed by atoms with Crippen molar-refractivity contribution >= 4 is 11.9 Å². The third kappa shape index (κ3) is 2.67. The molecule has 7 heteroatoms. The van der Waals surface area contributed by atoms with Crippen LogP contribution in [0, 0.1) is 5.92 Å².